The molecule has 4 aliphatic rings. The summed E-state index contributed by atoms with van der Waals surface area (Å²) in [6, 6.07) is 0.535. The Morgan fingerprint density at radius 1 is 1.11 bits per heavy atom. The lowest BCUT2D eigenvalue weighted by molar-refractivity contribution is 0.138. The van der Waals surface area contributed by atoms with E-state index >= 15 is 0 Å². The third kappa shape index (κ3) is 8.46. The van der Waals surface area contributed by atoms with Crippen molar-refractivity contribution >= 4 is 11.6 Å². The predicted octanol–water partition coefficient (Wildman–Crippen LogP) is 4.97. The van der Waals surface area contributed by atoms with Gasteiger partial charge in [0.05, 0.1) is 12.9 Å². The lowest BCUT2D eigenvalue weighted by atomic mass is 9.80. The van der Waals surface area contributed by atoms with Gasteiger partial charge in [0.1, 0.15) is 0 Å². The molecule has 5 nitrogen and oxygen atoms in total. The van der Waals surface area contributed by atoms with Crippen LogP contribution >= 0.6 is 11.6 Å². The number of likely N-dealkylation sites (tertiary alicyclic amines) is 1. The molecule has 1 fully saturated rings. The number of hydrogen-bond acceptors (Lipinski definition) is 3. The molecule has 6 heteroatoms. The van der Waals surface area contributed by atoms with Gasteiger partial charge in [-0.1, -0.05) is 68.0 Å². The first kappa shape index (κ1) is 30.6. The van der Waals surface area contributed by atoms with E-state index in [9.17, 15) is 0 Å². The van der Waals surface area contributed by atoms with Crippen LogP contribution in [0, 0.1) is 29.6 Å². The normalized spacial score (nSPS) is 27.5. The summed E-state index contributed by atoms with van der Waals surface area (Å²) in [6.07, 6.45) is 26.1. The highest BCUT2D eigenvalue weighted by Gasteiger charge is 2.28. The van der Waals surface area contributed by atoms with Crippen molar-refractivity contribution in [3.8, 4) is 0 Å². The van der Waals surface area contributed by atoms with E-state index in [1.165, 1.54) is 31.5 Å². The molecular weight excluding hydrogens is 472 g/mol. The molecule has 36 heavy (non-hydrogen) atoms. The zero-order valence-corrected chi connectivity index (χ0v) is 23.0. The van der Waals surface area contributed by atoms with Gasteiger partial charge >= 0.3 is 0 Å². The summed E-state index contributed by atoms with van der Waals surface area (Å²) in [7, 11) is 1.77. The van der Waals surface area contributed by atoms with E-state index in [0.29, 0.717) is 29.7 Å². The molecule has 0 amide bonds. The average molecular weight is 519 g/mol. The van der Waals surface area contributed by atoms with Crippen LogP contribution in [0.1, 0.15) is 46.0 Å². The summed E-state index contributed by atoms with van der Waals surface area (Å²) in [5, 5.41) is 4.86. The molecule has 0 bridgehead atoms. The molecule has 1 saturated heterocycles. The highest BCUT2D eigenvalue weighted by Crippen LogP contribution is 2.33. The lowest BCUT2D eigenvalue weighted by Crippen LogP contribution is -2.48. The average Bonchev–Trinajstić information content (AvgIpc) is 2.87. The van der Waals surface area contributed by atoms with E-state index in [0.717, 1.165) is 49.1 Å². The first-order chi connectivity index (χ1) is 16.5. The second kappa shape index (κ2) is 14.9. The van der Waals surface area contributed by atoms with Gasteiger partial charge in [-0.3, -0.25) is 0 Å². The van der Waals surface area contributed by atoms with Gasteiger partial charge in [0.25, 0.3) is 0 Å². The van der Waals surface area contributed by atoms with Crippen LogP contribution in [0.2, 0.25) is 0 Å². The van der Waals surface area contributed by atoms with E-state index in [1.807, 2.05) is 0 Å². The maximum Gasteiger partial charge on any atom is 0.0964 e. The summed E-state index contributed by atoms with van der Waals surface area (Å²) < 4.78 is 5.49. The number of methoxy groups -OCH3 is 1. The fourth-order valence-electron chi connectivity index (χ4n) is 5.81. The number of piperidine rings is 1. The quantitative estimate of drug-likeness (QED) is 0.467. The second-order valence-electron chi connectivity index (χ2n) is 10.8. The van der Waals surface area contributed by atoms with Crippen LogP contribution in [-0.2, 0) is 4.74 Å². The fourth-order valence-corrected chi connectivity index (χ4v) is 5.97. The molecule has 0 spiro atoms. The van der Waals surface area contributed by atoms with Crippen molar-refractivity contribution in [2.75, 3.05) is 33.3 Å². The molecular formula is C30H47ClN2O3. The minimum absolute atomic E-state index is 0. The smallest absolute Gasteiger partial charge is 0.0964 e. The summed E-state index contributed by atoms with van der Waals surface area (Å²) in [5.41, 5.74) is 1.44. The van der Waals surface area contributed by atoms with Crippen molar-refractivity contribution in [3.63, 3.8) is 0 Å². The first-order valence-corrected chi connectivity index (χ1v) is 13.7. The molecule has 0 radical (unpaired) electrons. The van der Waals surface area contributed by atoms with Crippen LogP contribution in [0.5, 0.6) is 0 Å². The zero-order valence-electron chi connectivity index (χ0n) is 22.3. The maximum absolute atomic E-state index is 6.12. The Morgan fingerprint density at radius 3 is 2.56 bits per heavy atom. The van der Waals surface area contributed by atoms with Gasteiger partial charge in [-0.15, -0.1) is 0 Å². The molecule has 1 aliphatic heterocycles. The fraction of sp³-hybridized carbons (Fsp3) is 0.600. The Labute approximate surface area is 223 Å². The predicted molar refractivity (Wildman–Crippen MR) is 152 cm³/mol. The van der Waals surface area contributed by atoms with Crippen molar-refractivity contribution in [3.05, 3.63) is 71.0 Å². The molecule has 0 saturated carbocycles. The number of allylic oxidation sites excluding steroid dienone is 11. The topological polar surface area (TPSA) is 87.5 Å². The molecule has 3 unspecified atom stereocenters. The Kier molecular flexibility index (Phi) is 12.7. The summed E-state index contributed by atoms with van der Waals surface area (Å²) in [5.74, 6) is 4.19. The van der Waals surface area contributed by atoms with Gasteiger partial charge in [-0.05, 0) is 80.2 Å². The molecule has 4 rings (SSSR count). The monoisotopic (exact) mass is 518 g/mol. The van der Waals surface area contributed by atoms with E-state index in [1.54, 1.807) is 7.11 Å². The minimum Gasteiger partial charge on any atom is -0.501 e. The number of nitrogens with one attached hydrogen (secondary N) is 1. The Hall–Kier alpha value is -1.63. The highest BCUT2D eigenvalue weighted by atomic mass is 35.5. The summed E-state index contributed by atoms with van der Waals surface area (Å²) >= 11 is 6.12. The third-order valence-electron chi connectivity index (χ3n) is 8.14. The molecule has 1 heterocycles. The molecule has 5 N–H and O–H groups in total. The molecule has 3 aliphatic carbocycles. The van der Waals surface area contributed by atoms with Gasteiger partial charge in [0.2, 0.25) is 0 Å². The molecule has 4 atom stereocenters. The maximum atomic E-state index is 6.12. The molecule has 0 aromatic carbocycles. The Bertz CT molecular complexity index is 865. The lowest BCUT2D eigenvalue weighted by Gasteiger charge is -2.38. The number of nitrogens with zero attached hydrogens (tertiary/aromatic N) is 1. The van der Waals surface area contributed by atoms with E-state index in [-0.39, 0.29) is 11.0 Å². The zero-order chi connectivity index (χ0) is 23.9. The first-order valence-electron chi connectivity index (χ1n) is 13.3. The molecule has 0 aromatic rings. The van der Waals surface area contributed by atoms with Crippen molar-refractivity contribution in [2.24, 2.45) is 29.6 Å². The third-order valence-corrected chi connectivity index (χ3v) is 8.42. The van der Waals surface area contributed by atoms with Crippen LogP contribution < -0.4 is 5.32 Å². The SMILES string of the molecule is COC1=CC=CC(C2=CC(CN[C@@H](CN3CCC(C4C=CC(Cl)=CC4)CC3)C(C)C)CC=C2)C1.O.O. The summed E-state index contributed by atoms with van der Waals surface area (Å²) in [4.78, 5) is 2.69. The van der Waals surface area contributed by atoms with E-state index in [2.05, 4.69) is 78.7 Å². The molecule has 202 valence electrons. The number of hydrogen-bond donors (Lipinski definition) is 1. The summed E-state index contributed by atoms with van der Waals surface area (Å²) in [6.45, 7) is 9.37. The Balaban J connectivity index is 0.00000228. The van der Waals surface area contributed by atoms with Gasteiger partial charge in [0, 0.05) is 36.5 Å². The van der Waals surface area contributed by atoms with Crippen LogP contribution in [0.15, 0.2) is 71.0 Å². The van der Waals surface area contributed by atoms with Crippen molar-refractivity contribution in [2.45, 2.75) is 52.0 Å². The number of rotatable bonds is 9. The van der Waals surface area contributed by atoms with Crippen LogP contribution in [-0.4, -0.2) is 55.2 Å². The highest BCUT2D eigenvalue weighted by molar-refractivity contribution is 6.31. The van der Waals surface area contributed by atoms with Gasteiger partial charge in [0.15, 0.2) is 0 Å². The van der Waals surface area contributed by atoms with Crippen molar-refractivity contribution in [1.29, 1.82) is 0 Å². The van der Waals surface area contributed by atoms with Crippen LogP contribution in [0.4, 0.5) is 0 Å². The van der Waals surface area contributed by atoms with Gasteiger partial charge < -0.3 is 25.9 Å². The van der Waals surface area contributed by atoms with Crippen molar-refractivity contribution < 1.29 is 15.7 Å². The largest absolute Gasteiger partial charge is 0.501 e. The van der Waals surface area contributed by atoms with Crippen molar-refractivity contribution in [1.82, 2.24) is 10.2 Å². The van der Waals surface area contributed by atoms with Crippen LogP contribution in [0.25, 0.3) is 0 Å². The minimum atomic E-state index is 0. The van der Waals surface area contributed by atoms with Crippen LogP contribution in [0.3, 0.4) is 0 Å². The van der Waals surface area contributed by atoms with E-state index < -0.39 is 0 Å². The van der Waals surface area contributed by atoms with Gasteiger partial charge in [-0.25, -0.2) is 0 Å². The standard InChI is InChI=1S/C30H43ClN2O.2H2O/c1-22(2)30(21-33-16-14-25(15-17-33)24-10-12-28(31)13-11-24)32-20-23-6-4-7-26(18-23)27-8-5-9-29(19-27)34-3;;/h4-5,7-10,12-13,18,22-25,27,30,32H,6,11,14-17,19-21H2,1-3H3;2*1H2/t23?,24?,27?,30-;;/m0../s1. The second-order valence-corrected chi connectivity index (χ2v) is 11.3. The number of halogens is 1. The Morgan fingerprint density at radius 2 is 1.89 bits per heavy atom. The van der Waals surface area contributed by atoms with Gasteiger partial charge in [-0.2, -0.15) is 0 Å². The van der Waals surface area contributed by atoms with E-state index in [4.69, 9.17) is 16.3 Å². The molecule has 0 aromatic heterocycles. The number of ether oxygens (including phenoxy) is 1.